The van der Waals surface area contributed by atoms with Gasteiger partial charge in [0.2, 0.25) is 5.95 Å². The lowest BCUT2D eigenvalue weighted by Gasteiger charge is -2.23. The topological polar surface area (TPSA) is 42.7 Å². The van der Waals surface area contributed by atoms with Gasteiger partial charge in [0.25, 0.3) is 0 Å². The molecule has 0 bridgehead atoms. The molecule has 18 heavy (non-hydrogen) atoms. The molecule has 5 heteroatoms. The molecule has 1 fully saturated rings. The summed E-state index contributed by atoms with van der Waals surface area (Å²) >= 11 is 1.81. The summed E-state index contributed by atoms with van der Waals surface area (Å²) in [4.78, 5) is 6.07. The Labute approximate surface area is 110 Å². The molecule has 2 aliphatic rings. The first-order chi connectivity index (χ1) is 8.92. The number of hydrogen-bond acceptors (Lipinski definition) is 4. The molecule has 1 N–H and O–H groups in total. The average molecular weight is 260 g/mol. The third kappa shape index (κ3) is 1.57. The smallest absolute Gasteiger partial charge is 0.222 e. The molecule has 0 aromatic carbocycles. The minimum Gasteiger partial charge on any atom is -0.354 e. The van der Waals surface area contributed by atoms with Crippen LogP contribution >= 0.6 is 11.3 Å². The van der Waals surface area contributed by atoms with Gasteiger partial charge in [0.05, 0.1) is 6.04 Å². The highest BCUT2D eigenvalue weighted by atomic mass is 32.1. The predicted molar refractivity (Wildman–Crippen MR) is 72.2 cm³/mol. The van der Waals surface area contributed by atoms with Gasteiger partial charge < -0.3 is 5.32 Å². The maximum Gasteiger partial charge on any atom is 0.222 e. The van der Waals surface area contributed by atoms with Crippen molar-refractivity contribution >= 4 is 17.3 Å². The van der Waals surface area contributed by atoms with Crippen LogP contribution in [-0.2, 0) is 0 Å². The van der Waals surface area contributed by atoms with Gasteiger partial charge in [-0.15, -0.1) is 11.3 Å². The second-order valence-corrected chi connectivity index (χ2v) is 6.09. The number of fused-ring (bicyclic) bond motifs is 1. The number of thiophene rings is 1. The Morgan fingerprint density at radius 3 is 3.00 bits per heavy atom. The van der Waals surface area contributed by atoms with E-state index >= 15 is 0 Å². The van der Waals surface area contributed by atoms with Gasteiger partial charge in [0.15, 0.2) is 5.82 Å². The molecular weight excluding hydrogens is 244 g/mol. The van der Waals surface area contributed by atoms with Crippen LogP contribution in [0.5, 0.6) is 0 Å². The fourth-order valence-corrected chi connectivity index (χ4v) is 3.55. The molecule has 94 valence electrons. The lowest BCUT2D eigenvalue weighted by atomic mass is 9.85. The van der Waals surface area contributed by atoms with Crippen LogP contribution in [-0.4, -0.2) is 21.3 Å². The highest BCUT2D eigenvalue weighted by molar-refractivity contribution is 7.10. The van der Waals surface area contributed by atoms with E-state index in [1.165, 1.54) is 24.1 Å². The zero-order valence-corrected chi connectivity index (χ0v) is 11.0. The van der Waals surface area contributed by atoms with Crippen LogP contribution in [0.4, 0.5) is 5.95 Å². The summed E-state index contributed by atoms with van der Waals surface area (Å²) in [5.74, 6) is 2.61. The number of hydrogen-bond donors (Lipinski definition) is 1. The van der Waals surface area contributed by atoms with E-state index in [1.54, 1.807) is 0 Å². The van der Waals surface area contributed by atoms with Crippen molar-refractivity contribution < 1.29 is 0 Å². The molecule has 1 saturated carbocycles. The quantitative estimate of drug-likeness (QED) is 0.902. The number of rotatable bonds is 2. The van der Waals surface area contributed by atoms with E-state index < -0.39 is 0 Å². The molecule has 0 saturated heterocycles. The van der Waals surface area contributed by atoms with Gasteiger partial charge in [-0.25, -0.2) is 4.68 Å². The Hall–Kier alpha value is -1.36. The summed E-state index contributed by atoms with van der Waals surface area (Å²) in [6, 6.07) is 4.70. The lowest BCUT2D eigenvalue weighted by molar-refractivity contribution is 0.394. The molecule has 0 amide bonds. The number of nitrogens with zero attached hydrogens (tertiary/aromatic N) is 3. The Kier molecular flexibility index (Phi) is 2.40. The van der Waals surface area contributed by atoms with Crippen molar-refractivity contribution in [2.75, 3.05) is 11.9 Å². The first-order valence-corrected chi connectivity index (χ1v) is 7.53. The molecule has 0 radical (unpaired) electrons. The summed E-state index contributed by atoms with van der Waals surface area (Å²) in [5.41, 5.74) is 0. The SMILES string of the molecule is c1csc(C2CCNc3nc(C4CCC4)nn32)c1. The Balaban J connectivity index is 1.72. The fourth-order valence-electron chi connectivity index (χ4n) is 2.70. The van der Waals surface area contributed by atoms with Crippen molar-refractivity contribution in [1.29, 1.82) is 0 Å². The van der Waals surface area contributed by atoms with E-state index in [0.29, 0.717) is 12.0 Å². The van der Waals surface area contributed by atoms with Gasteiger partial charge in [-0.3, -0.25) is 0 Å². The van der Waals surface area contributed by atoms with Crippen LogP contribution in [0, 0.1) is 0 Å². The van der Waals surface area contributed by atoms with E-state index in [1.807, 2.05) is 11.3 Å². The highest BCUT2D eigenvalue weighted by Gasteiger charge is 2.29. The number of aromatic nitrogens is 3. The van der Waals surface area contributed by atoms with Crippen molar-refractivity contribution in [3.63, 3.8) is 0 Å². The van der Waals surface area contributed by atoms with E-state index in [-0.39, 0.29) is 0 Å². The Morgan fingerprint density at radius 1 is 1.33 bits per heavy atom. The normalized spacial score (nSPS) is 23.2. The Morgan fingerprint density at radius 2 is 2.28 bits per heavy atom. The van der Waals surface area contributed by atoms with Gasteiger partial charge in [-0.05, 0) is 30.7 Å². The van der Waals surface area contributed by atoms with Gasteiger partial charge in [0, 0.05) is 17.3 Å². The van der Waals surface area contributed by atoms with Crippen LogP contribution in [0.3, 0.4) is 0 Å². The monoisotopic (exact) mass is 260 g/mol. The van der Waals surface area contributed by atoms with Gasteiger partial charge in [0.1, 0.15) is 0 Å². The zero-order valence-electron chi connectivity index (χ0n) is 10.2. The van der Waals surface area contributed by atoms with Crippen LogP contribution in [0.1, 0.15) is 48.3 Å². The molecule has 2 aromatic heterocycles. The van der Waals surface area contributed by atoms with Gasteiger partial charge in [-0.1, -0.05) is 12.5 Å². The van der Waals surface area contributed by atoms with Gasteiger partial charge >= 0.3 is 0 Å². The minimum atomic E-state index is 0.377. The lowest BCUT2D eigenvalue weighted by Crippen LogP contribution is -2.24. The van der Waals surface area contributed by atoms with Crippen LogP contribution in [0.15, 0.2) is 17.5 Å². The molecule has 4 rings (SSSR count). The molecule has 2 aromatic rings. The third-order valence-electron chi connectivity index (χ3n) is 3.99. The van der Waals surface area contributed by atoms with Crippen molar-refractivity contribution in [3.05, 3.63) is 28.2 Å². The molecule has 1 unspecified atom stereocenters. The number of anilines is 1. The summed E-state index contributed by atoms with van der Waals surface area (Å²) in [6.07, 6.45) is 4.94. The number of nitrogens with one attached hydrogen (secondary N) is 1. The molecule has 1 aliphatic carbocycles. The molecule has 4 nitrogen and oxygen atoms in total. The standard InChI is InChI=1S/C13H16N4S/c1-3-9(4-1)12-15-13-14-7-6-10(17(13)16-12)11-5-2-8-18-11/h2,5,8-10H,1,3-4,6-7H2,(H,14,15,16). The largest absolute Gasteiger partial charge is 0.354 e. The highest BCUT2D eigenvalue weighted by Crippen LogP contribution is 2.37. The first kappa shape index (κ1) is 10.6. The summed E-state index contributed by atoms with van der Waals surface area (Å²) in [6.45, 7) is 0.991. The average Bonchev–Trinajstić information content (AvgIpc) is 2.94. The first-order valence-electron chi connectivity index (χ1n) is 6.65. The predicted octanol–water partition coefficient (Wildman–Crippen LogP) is 3.01. The molecule has 1 atom stereocenters. The van der Waals surface area contributed by atoms with Gasteiger partial charge in [-0.2, -0.15) is 10.1 Å². The van der Waals surface area contributed by atoms with E-state index in [2.05, 4.69) is 32.5 Å². The van der Waals surface area contributed by atoms with Crippen molar-refractivity contribution in [1.82, 2.24) is 14.8 Å². The second-order valence-electron chi connectivity index (χ2n) is 5.11. The van der Waals surface area contributed by atoms with Crippen molar-refractivity contribution in [2.24, 2.45) is 0 Å². The molecule has 3 heterocycles. The molecular formula is C13H16N4S. The van der Waals surface area contributed by atoms with Crippen LogP contribution in [0.2, 0.25) is 0 Å². The van der Waals surface area contributed by atoms with Crippen LogP contribution < -0.4 is 5.32 Å². The Bertz CT molecular complexity index is 541. The van der Waals surface area contributed by atoms with E-state index in [9.17, 15) is 0 Å². The second kappa shape index (κ2) is 4.09. The maximum atomic E-state index is 4.76. The third-order valence-corrected chi connectivity index (χ3v) is 4.96. The van der Waals surface area contributed by atoms with Crippen molar-refractivity contribution in [2.45, 2.75) is 37.6 Å². The van der Waals surface area contributed by atoms with E-state index in [0.717, 1.165) is 24.7 Å². The zero-order chi connectivity index (χ0) is 11.9. The summed E-state index contributed by atoms with van der Waals surface area (Å²) in [7, 11) is 0. The fraction of sp³-hybridized carbons (Fsp3) is 0.538. The van der Waals surface area contributed by atoms with Crippen LogP contribution in [0.25, 0.3) is 0 Å². The maximum absolute atomic E-state index is 4.76. The molecule has 1 aliphatic heterocycles. The summed E-state index contributed by atoms with van der Waals surface area (Å²) < 4.78 is 2.10. The molecule has 0 spiro atoms. The minimum absolute atomic E-state index is 0.377. The van der Waals surface area contributed by atoms with E-state index in [4.69, 9.17) is 5.10 Å². The van der Waals surface area contributed by atoms with Crippen molar-refractivity contribution in [3.8, 4) is 0 Å². The summed E-state index contributed by atoms with van der Waals surface area (Å²) in [5, 5.41) is 10.3.